The molecule has 0 amide bonds. The summed E-state index contributed by atoms with van der Waals surface area (Å²) in [6.45, 7) is 29.0. The van der Waals surface area contributed by atoms with Gasteiger partial charge < -0.3 is 17.0 Å². The van der Waals surface area contributed by atoms with Gasteiger partial charge in [-0.05, 0) is 32.8 Å². The molecule has 0 saturated carbocycles. The van der Waals surface area contributed by atoms with E-state index in [0.29, 0.717) is 20.6 Å². The van der Waals surface area contributed by atoms with Crippen LogP contribution in [0.15, 0.2) is 24.3 Å². The molecule has 1 aromatic rings. The third kappa shape index (κ3) is 7.90. The van der Waals surface area contributed by atoms with Crippen LogP contribution in [0.25, 0.3) is 0 Å². The van der Waals surface area contributed by atoms with Crippen LogP contribution in [0.2, 0.25) is 0 Å². The molecule has 1 aromatic carbocycles. The number of para-hydroxylation sites is 2. The summed E-state index contributed by atoms with van der Waals surface area (Å²) in [6.07, 6.45) is 2.25. The van der Waals surface area contributed by atoms with Gasteiger partial charge in [-0.2, -0.15) is 0 Å². The zero-order valence-electron chi connectivity index (χ0n) is 22.4. The van der Waals surface area contributed by atoms with Crippen molar-refractivity contribution in [3.63, 3.8) is 0 Å². The number of anilines is 2. The Morgan fingerprint density at radius 1 is 0.613 bits per heavy atom. The second kappa shape index (κ2) is 10.7. The van der Waals surface area contributed by atoms with Gasteiger partial charge >= 0.3 is 7.55 Å². The van der Waals surface area contributed by atoms with Gasteiger partial charge in [0.1, 0.15) is 0 Å². The summed E-state index contributed by atoms with van der Waals surface area (Å²) < 4.78 is 0. The fourth-order valence-electron chi connectivity index (χ4n) is 4.63. The first kappa shape index (κ1) is 31.2. The van der Waals surface area contributed by atoms with E-state index in [1.807, 2.05) is 0 Å². The molecule has 0 unspecified atom stereocenters. The summed E-state index contributed by atoms with van der Waals surface area (Å²) in [5, 5.41) is 1.31. The first-order chi connectivity index (χ1) is 12.9. The van der Waals surface area contributed by atoms with Crippen LogP contribution in [0.4, 0.5) is 11.4 Å². The van der Waals surface area contributed by atoms with Crippen LogP contribution in [0.5, 0.6) is 0 Å². The maximum Gasteiger partial charge on any atom is 0.392 e. The van der Waals surface area contributed by atoms with Gasteiger partial charge in [0.15, 0.2) is 0 Å². The van der Waals surface area contributed by atoms with Crippen LogP contribution in [-0.2, 0) is 16.5 Å². The quantitative estimate of drug-likeness (QED) is 0.230. The Hall–Kier alpha value is 0.238. The number of hydrogen-bond donors (Lipinski definition) is 0. The molecule has 0 saturated heterocycles. The Balaban J connectivity index is 0.00000450. The molecule has 2 nitrogen and oxygen atoms in total. The first-order valence-electron chi connectivity index (χ1n) is 11.0. The molecular formula is C25H47BN2NiP2-. The molecule has 1 aliphatic heterocycles. The Morgan fingerprint density at radius 3 is 1.10 bits per heavy atom. The van der Waals surface area contributed by atoms with E-state index in [0.717, 1.165) is 12.6 Å². The molecule has 0 spiro atoms. The van der Waals surface area contributed by atoms with Crippen molar-refractivity contribution in [3.05, 3.63) is 31.7 Å². The van der Waals surface area contributed by atoms with Crippen LogP contribution in [0, 0.1) is 7.43 Å². The molecule has 31 heavy (non-hydrogen) atoms. The van der Waals surface area contributed by atoms with E-state index in [1.54, 1.807) is 0 Å². The van der Waals surface area contributed by atoms with Crippen molar-refractivity contribution in [2.75, 3.05) is 22.2 Å². The molecule has 0 aromatic heterocycles. The Bertz CT molecular complexity index is 612. The standard InChI is InChI=1S/C24H44BN2P2.CH3.Ni/c1-21(2,3)28(22(4,5)6)17-26-19-15-13-14-16-20(19)27(25-26)18-29(23(7,8)9)24(10,11)12;;/h13-16H,17-18H2,1-12H3;1H3;/q;-1;. The van der Waals surface area contributed by atoms with Crippen LogP contribution >= 0.6 is 15.8 Å². The summed E-state index contributed by atoms with van der Waals surface area (Å²) in [6, 6.07) is 8.99. The largest absolute Gasteiger partial charge is 0.393 e. The third-order valence-corrected chi connectivity index (χ3v) is 13.3. The van der Waals surface area contributed by atoms with E-state index in [1.165, 1.54) is 11.4 Å². The van der Waals surface area contributed by atoms with Crippen LogP contribution < -0.4 is 9.62 Å². The molecule has 1 aliphatic rings. The number of nitrogens with zero attached hydrogens (tertiary/aromatic N) is 2. The van der Waals surface area contributed by atoms with E-state index >= 15 is 0 Å². The maximum absolute atomic E-state index is 2.55. The van der Waals surface area contributed by atoms with E-state index in [9.17, 15) is 0 Å². The van der Waals surface area contributed by atoms with Gasteiger partial charge in [0.25, 0.3) is 0 Å². The van der Waals surface area contributed by atoms with E-state index in [4.69, 9.17) is 0 Å². The summed E-state index contributed by atoms with van der Waals surface area (Å²) >= 11 is 0. The molecule has 1 radical (unpaired) electrons. The molecule has 0 fully saturated rings. The maximum atomic E-state index is 2.55. The van der Waals surface area contributed by atoms with Crippen molar-refractivity contribution < 1.29 is 16.5 Å². The van der Waals surface area contributed by atoms with Gasteiger partial charge in [-0.15, -0.1) is 0 Å². The average Bonchev–Trinajstić information content (AvgIpc) is 2.84. The van der Waals surface area contributed by atoms with E-state index in [2.05, 4.69) is 125 Å². The van der Waals surface area contributed by atoms with Crippen molar-refractivity contribution in [2.24, 2.45) is 0 Å². The molecule has 0 N–H and O–H groups in total. The number of fused-ring (bicyclic) bond motifs is 1. The van der Waals surface area contributed by atoms with E-state index < -0.39 is 0 Å². The minimum atomic E-state index is -0.189. The van der Waals surface area contributed by atoms with Crippen molar-refractivity contribution in [1.82, 2.24) is 0 Å². The minimum absolute atomic E-state index is 0. The monoisotopic (exact) mass is 506 g/mol. The molecule has 181 valence electrons. The average molecular weight is 507 g/mol. The SMILES string of the molecule is CC(C)(C)P(CN1[B]N(CP(C(C)(C)C)C(C)(C)C)c2ccccc21)C(C)(C)C.[CH3-].[Ni]. The van der Waals surface area contributed by atoms with Gasteiger partial charge in [-0.1, -0.05) is 111 Å². The second-order valence-electron chi connectivity index (χ2n) is 12.4. The van der Waals surface area contributed by atoms with Gasteiger partial charge in [-0.25, -0.2) is 0 Å². The summed E-state index contributed by atoms with van der Waals surface area (Å²) in [5.41, 5.74) is 2.76. The van der Waals surface area contributed by atoms with Gasteiger partial charge in [0, 0.05) is 40.4 Å². The molecule has 2 rings (SSSR count). The molecule has 0 aliphatic carbocycles. The van der Waals surface area contributed by atoms with Crippen molar-refractivity contribution in [2.45, 2.75) is 104 Å². The van der Waals surface area contributed by atoms with Crippen molar-refractivity contribution in [1.29, 1.82) is 0 Å². The number of benzene rings is 1. The smallest absolute Gasteiger partial charge is 0.392 e. The van der Waals surface area contributed by atoms with Crippen molar-refractivity contribution >= 4 is 34.8 Å². The predicted octanol–water partition coefficient (Wildman–Crippen LogP) is 8.37. The van der Waals surface area contributed by atoms with Crippen LogP contribution in [-0.4, -0.2) is 40.7 Å². The third-order valence-electron chi connectivity index (χ3n) is 5.61. The Labute approximate surface area is 208 Å². The molecular weight excluding hydrogens is 460 g/mol. The molecule has 0 bridgehead atoms. The first-order valence-corrected chi connectivity index (χ1v) is 14.0. The van der Waals surface area contributed by atoms with Crippen LogP contribution in [0.1, 0.15) is 83.1 Å². The Morgan fingerprint density at radius 2 is 0.871 bits per heavy atom. The topological polar surface area (TPSA) is 6.48 Å². The molecule has 6 heteroatoms. The van der Waals surface area contributed by atoms with Crippen molar-refractivity contribution in [3.8, 4) is 0 Å². The van der Waals surface area contributed by atoms with Gasteiger partial charge in [0.05, 0.1) is 0 Å². The number of hydrogen-bond acceptors (Lipinski definition) is 2. The fraction of sp³-hybridized carbons (Fsp3) is 0.720. The van der Waals surface area contributed by atoms with Gasteiger partial charge in [-0.3, -0.25) is 0 Å². The predicted molar refractivity (Wildman–Crippen MR) is 146 cm³/mol. The zero-order valence-corrected chi connectivity index (χ0v) is 25.2. The van der Waals surface area contributed by atoms with Gasteiger partial charge in [0.2, 0.25) is 0 Å². The summed E-state index contributed by atoms with van der Waals surface area (Å²) in [7, 11) is 2.04. The van der Waals surface area contributed by atoms with Crippen LogP contribution in [0.3, 0.4) is 0 Å². The van der Waals surface area contributed by atoms with E-state index in [-0.39, 0.29) is 39.8 Å². The zero-order chi connectivity index (χ0) is 22.4. The second-order valence-corrected chi connectivity index (χ2v) is 20.0. The Kier molecular flexibility index (Phi) is 10.7. The number of rotatable bonds is 4. The minimum Gasteiger partial charge on any atom is -0.393 e. The summed E-state index contributed by atoms with van der Waals surface area (Å²) in [5.74, 6) is 0. The molecule has 1 heterocycles. The fourth-order valence-corrected chi connectivity index (χ4v) is 11.4. The normalized spacial score (nSPS) is 14.9. The molecule has 0 atom stereocenters. The summed E-state index contributed by atoms with van der Waals surface area (Å²) in [4.78, 5) is 5.10.